The maximum Gasteiger partial charge on any atom is 0.237 e. The maximum atomic E-state index is 12.8. The van der Waals surface area contributed by atoms with Gasteiger partial charge in [0.2, 0.25) is 5.91 Å². The van der Waals surface area contributed by atoms with Gasteiger partial charge in [-0.15, -0.1) is 0 Å². The van der Waals surface area contributed by atoms with Gasteiger partial charge in [0.25, 0.3) is 0 Å². The third-order valence-corrected chi connectivity index (χ3v) is 6.13. The van der Waals surface area contributed by atoms with Gasteiger partial charge in [-0.1, -0.05) is 47.6 Å². The molecule has 2 aromatic heterocycles. The highest BCUT2D eigenvalue weighted by atomic mass is 35.5. The van der Waals surface area contributed by atoms with E-state index in [2.05, 4.69) is 21.1 Å². The van der Waals surface area contributed by atoms with Gasteiger partial charge in [0.05, 0.1) is 23.0 Å². The van der Waals surface area contributed by atoms with Gasteiger partial charge >= 0.3 is 0 Å². The summed E-state index contributed by atoms with van der Waals surface area (Å²) in [5.41, 5.74) is 3.74. The first-order valence-corrected chi connectivity index (χ1v) is 10.5. The van der Waals surface area contributed by atoms with Crippen molar-refractivity contribution in [1.29, 1.82) is 0 Å². The molecule has 144 valence electrons. The van der Waals surface area contributed by atoms with Crippen LogP contribution >= 0.6 is 23.4 Å². The van der Waals surface area contributed by atoms with Gasteiger partial charge in [-0.2, -0.15) is 5.10 Å². The van der Waals surface area contributed by atoms with E-state index < -0.39 is 0 Å². The zero-order valence-electron chi connectivity index (χ0n) is 15.3. The molecule has 0 N–H and O–H groups in total. The third-order valence-electron chi connectivity index (χ3n) is 4.90. The molecular weight excluding hydrogens is 406 g/mol. The van der Waals surface area contributed by atoms with Gasteiger partial charge in [0.1, 0.15) is 11.4 Å². The minimum Gasteiger partial charge on any atom is -0.311 e. The summed E-state index contributed by atoms with van der Waals surface area (Å²) in [5.74, 6) is 0.386. The van der Waals surface area contributed by atoms with E-state index in [-0.39, 0.29) is 5.91 Å². The van der Waals surface area contributed by atoms with E-state index in [1.807, 2.05) is 47.4 Å². The minimum absolute atomic E-state index is 0.0777. The Morgan fingerprint density at radius 3 is 2.93 bits per heavy atom. The highest BCUT2D eigenvalue weighted by Crippen LogP contribution is 2.30. The maximum absolute atomic E-state index is 12.8. The molecule has 3 heterocycles. The Morgan fingerprint density at radius 2 is 2.03 bits per heavy atom. The van der Waals surface area contributed by atoms with Crippen LogP contribution in [0.1, 0.15) is 5.56 Å². The predicted molar refractivity (Wildman–Crippen MR) is 115 cm³/mol. The summed E-state index contributed by atoms with van der Waals surface area (Å²) in [6, 6.07) is 15.5. The molecule has 0 atom stereocenters. The lowest BCUT2D eigenvalue weighted by Crippen LogP contribution is -2.30. The van der Waals surface area contributed by atoms with Crippen molar-refractivity contribution in [3.8, 4) is 5.69 Å². The molecule has 8 heteroatoms. The van der Waals surface area contributed by atoms with E-state index in [0.717, 1.165) is 34.8 Å². The number of carbonyl (C=O) groups excluding carboxylic acids is 1. The van der Waals surface area contributed by atoms with Gasteiger partial charge in [0, 0.05) is 17.3 Å². The van der Waals surface area contributed by atoms with Crippen LogP contribution in [0.15, 0.2) is 66.1 Å². The van der Waals surface area contributed by atoms with E-state index in [1.165, 1.54) is 23.7 Å². The highest BCUT2D eigenvalue weighted by Gasteiger charge is 2.24. The monoisotopic (exact) mass is 421 g/mol. The average molecular weight is 422 g/mol. The Bertz CT molecular complexity index is 1220. The van der Waals surface area contributed by atoms with Crippen molar-refractivity contribution in [2.45, 2.75) is 11.4 Å². The number of thioether (sulfide) groups is 1. The first-order valence-electron chi connectivity index (χ1n) is 9.16. The lowest BCUT2D eigenvalue weighted by atomic mass is 10.2. The number of amides is 1. The Morgan fingerprint density at radius 1 is 1.14 bits per heavy atom. The summed E-state index contributed by atoms with van der Waals surface area (Å²) in [6.45, 7) is 0.727. The summed E-state index contributed by atoms with van der Waals surface area (Å²) >= 11 is 7.52. The minimum atomic E-state index is 0.0777. The summed E-state index contributed by atoms with van der Waals surface area (Å²) in [6.07, 6.45) is 4.13. The molecular formula is C21H16ClN5OS. The van der Waals surface area contributed by atoms with Crippen LogP contribution in [-0.4, -0.2) is 38.0 Å². The van der Waals surface area contributed by atoms with Crippen LogP contribution in [0.4, 0.5) is 5.69 Å². The van der Waals surface area contributed by atoms with Crippen LogP contribution in [0.25, 0.3) is 16.7 Å². The van der Waals surface area contributed by atoms with E-state index in [1.54, 1.807) is 10.9 Å². The van der Waals surface area contributed by atoms with Crippen molar-refractivity contribution in [2.24, 2.45) is 0 Å². The largest absolute Gasteiger partial charge is 0.311 e. The summed E-state index contributed by atoms with van der Waals surface area (Å²) in [7, 11) is 0. The SMILES string of the molecule is O=C(CSc1ncnc2c1cnn2-c1cccc(Cl)c1)N1CCc2ccccc21. The number of rotatable bonds is 4. The average Bonchev–Trinajstić information content (AvgIpc) is 3.37. The van der Waals surface area contributed by atoms with Crippen molar-refractivity contribution in [1.82, 2.24) is 19.7 Å². The second kappa shape index (κ2) is 7.50. The van der Waals surface area contributed by atoms with Crippen molar-refractivity contribution in [3.63, 3.8) is 0 Å². The number of carbonyl (C=O) groups is 1. The molecule has 0 unspecified atom stereocenters. The molecule has 2 aromatic carbocycles. The number of benzene rings is 2. The summed E-state index contributed by atoms with van der Waals surface area (Å²) in [5, 5.41) is 6.63. The molecule has 29 heavy (non-hydrogen) atoms. The second-order valence-electron chi connectivity index (χ2n) is 6.67. The summed E-state index contributed by atoms with van der Waals surface area (Å²) in [4.78, 5) is 23.4. The van der Waals surface area contributed by atoms with E-state index >= 15 is 0 Å². The molecule has 1 amide bonds. The summed E-state index contributed by atoms with van der Waals surface area (Å²) < 4.78 is 1.73. The van der Waals surface area contributed by atoms with E-state index in [0.29, 0.717) is 16.4 Å². The fraction of sp³-hybridized carbons (Fsp3) is 0.143. The molecule has 1 aliphatic heterocycles. The van der Waals surface area contributed by atoms with Crippen LogP contribution in [-0.2, 0) is 11.2 Å². The normalized spacial score (nSPS) is 13.1. The zero-order chi connectivity index (χ0) is 19.8. The number of halogens is 1. The number of hydrogen-bond donors (Lipinski definition) is 0. The predicted octanol–water partition coefficient (Wildman–Crippen LogP) is 4.15. The van der Waals surface area contributed by atoms with Gasteiger partial charge in [0.15, 0.2) is 5.65 Å². The molecule has 0 saturated heterocycles. The first kappa shape index (κ1) is 18.1. The molecule has 6 nitrogen and oxygen atoms in total. The number of anilines is 1. The number of hydrogen-bond acceptors (Lipinski definition) is 5. The zero-order valence-corrected chi connectivity index (χ0v) is 16.9. The fourth-order valence-corrected chi connectivity index (χ4v) is 4.56. The van der Waals surface area contributed by atoms with E-state index in [4.69, 9.17) is 11.6 Å². The molecule has 0 aliphatic carbocycles. The van der Waals surface area contributed by atoms with Gasteiger partial charge in [-0.05, 0) is 36.2 Å². The Hall–Kier alpha value is -2.90. The molecule has 0 spiro atoms. The van der Waals surface area contributed by atoms with Crippen LogP contribution in [0.3, 0.4) is 0 Å². The standard InChI is InChI=1S/C21H16ClN5OS/c22-15-5-3-6-16(10-15)27-20-17(11-25-27)21(24-13-23-20)29-12-19(28)26-9-8-14-4-1-2-7-18(14)26/h1-7,10-11,13H,8-9,12H2. The quantitative estimate of drug-likeness (QED) is 0.366. The first-order chi connectivity index (χ1) is 14.2. The molecule has 0 saturated carbocycles. The molecule has 0 radical (unpaired) electrons. The highest BCUT2D eigenvalue weighted by molar-refractivity contribution is 8.00. The Kier molecular flexibility index (Phi) is 4.69. The Labute approximate surface area is 176 Å². The smallest absolute Gasteiger partial charge is 0.237 e. The Balaban J connectivity index is 1.38. The molecule has 4 aromatic rings. The number of aromatic nitrogens is 4. The molecule has 0 fully saturated rings. The third kappa shape index (κ3) is 3.36. The number of para-hydroxylation sites is 1. The van der Waals surface area contributed by atoms with Crippen molar-refractivity contribution in [3.05, 3.63) is 71.6 Å². The van der Waals surface area contributed by atoms with Crippen molar-refractivity contribution >= 4 is 46.0 Å². The topological polar surface area (TPSA) is 63.9 Å². The van der Waals surface area contributed by atoms with Crippen LogP contribution in [0.2, 0.25) is 5.02 Å². The number of nitrogens with zero attached hydrogens (tertiary/aromatic N) is 5. The second-order valence-corrected chi connectivity index (χ2v) is 8.07. The van der Waals surface area contributed by atoms with Gasteiger partial charge < -0.3 is 4.90 Å². The van der Waals surface area contributed by atoms with Crippen LogP contribution < -0.4 is 4.90 Å². The number of fused-ring (bicyclic) bond motifs is 2. The lowest BCUT2D eigenvalue weighted by Gasteiger charge is -2.16. The molecule has 5 rings (SSSR count). The molecule has 1 aliphatic rings. The van der Waals surface area contributed by atoms with Crippen LogP contribution in [0.5, 0.6) is 0 Å². The van der Waals surface area contributed by atoms with Crippen molar-refractivity contribution in [2.75, 3.05) is 17.2 Å². The van der Waals surface area contributed by atoms with E-state index in [9.17, 15) is 4.79 Å². The van der Waals surface area contributed by atoms with Gasteiger partial charge in [-0.25, -0.2) is 14.6 Å². The molecule has 0 bridgehead atoms. The van der Waals surface area contributed by atoms with Crippen LogP contribution in [0, 0.1) is 0 Å². The lowest BCUT2D eigenvalue weighted by molar-refractivity contribution is -0.116. The van der Waals surface area contributed by atoms with Crippen molar-refractivity contribution < 1.29 is 4.79 Å². The fourth-order valence-electron chi connectivity index (χ4n) is 3.54. The van der Waals surface area contributed by atoms with Gasteiger partial charge in [-0.3, -0.25) is 4.79 Å².